The van der Waals surface area contributed by atoms with E-state index < -0.39 is 27.3 Å². The lowest BCUT2D eigenvalue weighted by molar-refractivity contribution is 0.0977. The molecule has 1 fully saturated rings. The molecular formula is C23H21ClFNO4S. The minimum absolute atomic E-state index is 0.0488. The van der Waals surface area contributed by atoms with E-state index in [2.05, 4.69) is 0 Å². The van der Waals surface area contributed by atoms with Crippen LogP contribution in [0, 0.1) is 11.7 Å². The van der Waals surface area contributed by atoms with Crippen LogP contribution < -0.4 is 9.46 Å². The van der Waals surface area contributed by atoms with Gasteiger partial charge in [-0.1, -0.05) is 54.8 Å². The summed E-state index contributed by atoms with van der Waals surface area (Å²) in [6.07, 6.45) is 4.43. The first-order chi connectivity index (χ1) is 14.8. The molecular weight excluding hydrogens is 441 g/mol. The largest absolute Gasteiger partial charge is 0.492 e. The number of fused-ring (bicyclic) bond motifs is 1. The van der Waals surface area contributed by atoms with Crippen molar-refractivity contribution in [1.82, 2.24) is 4.72 Å². The average Bonchev–Trinajstić information content (AvgIpc) is 3.27. The van der Waals surface area contributed by atoms with Crippen molar-refractivity contribution in [3.05, 3.63) is 71.0 Å². The quantitative estimate of drug-likeness (QED) is 0.539. The molecule has 0 aromatic heterocycles. The van der Waals surface area contributed by atoms with Crippen LogP contribution in [0.2, 0.25) is 5.02 Å². The molecule has 8 heteroatoms. The molecule has 0 radical (unpaired) electrons. The van der Waals surface area contributed by atoms with Gasteiger partial charge < -0.3 is 4.74 Å². The maximum atomic E-state index is 14.6. The molecule has 1 aliphatic rings. The zero-order chi connectivity index (χ0) is 22.0. The van der Waals surface area contributed by atoms with Gasteiger partial charge in [-0.15, -0.1) is 0 Å². The maximum absolute atomic E-state index is 14.6. The van der Waals surface area contributed by atoms with Crippen LogP contribution in [-0.4, -0.2) is 20.9 Å². The molecule has 0 unspecified atom stereocenters. The van der Waals surface area contributed by atoms with Crippen molar-refractivity contribution >= 4 is 38.3 Å². The molecule has 162 valence electrons. The van der Waals surface area contributed by atoms with E-state index >= 15 is 0 Å². The topological polar surface area (TPSA) is 72.5 Å². The first-order valence-corrected chi connectivity index (χ1v) is 11.9. The van der Waals surface area contributed by atoms with Crippen molar-refractivity contribution in [3.63, 3.8) is 0 Å². The van der Waals surface area contributed by atoms with Crippen molar-refractivity contribution in [3.8, 4) is 5.75 Å². The van der Waals surface area contributed by atoms with Gasteiger partial charge in [-0.05, 0) is 47.7 Å². The second-order valence-corrected chi connectivity index (χ2v) is 9.76. The molecule has 0 atom stereocenters. The van der Waals surface area contributed by atoms with Crippen LogP contribution >= 0.6 is 11.6 Å². The number of nitrogens with one attached hydrogen (secondary N) is 1. The second-order valence-electron chi connectivity index (χ2n) is 7.67. The molecule has 3 aromatic rings. The van der Waals surface area contributed by atoms with Crippen LogP contribution in [0.25, 0.3) is 10.8 Å². The summed E-state index contributed by atoms with van der Waals surface area (Å²) in [6.45, 7) is 0.432. The molecule has 0 saturated heterocycles. The summed E-state index contributed by atoms with van der Waals surface area (Å²) < 4.78 is 47.4. The van der Waals surface area contributed by atoms with Gasteiger partial charge in [-0.25, -0.2) is 17.5 Å². The van der Waals surface area contributed by atoms with Crippen molar-refractivity contribution in [2.75, 3.05) is 6.61 Å². The van der Waals surface area contributed by atoms with Crippen LogP contribution in [0.15, 0.2) is 59.5 Å². The van der Waals surface area contributed by atoms with Gasteiger partial charge in [0.05, 0.1) is 22.1 Å². The monoisotopic (exact) mass is 461 g/mol. The molecule has 5 nitrogen and oxygen atoms in total. The van der Waals surface area contributed by atoms with Gasteiger partial charge in [-0.3, -0.25) is 4.79 Å². The lowest BCUT2D eigenvalue weighted by Gasteiger charge is -2.14. The highest BCUT2D eigenvalue weighted by Gasteiger charge is 2.23. The van der Waals surface area contributed by atoms with Crippen LogP contribution in [-0.2, 0) is 10.0 Å². The van der Waals surface area contributed by atoms with Crippen molar-refractivity contribution < 1.29 is 22.3 Å². The van der Waals surface area contributed by atoms with E-state index in [9.17, 15) is 17.6 Å². The normalized spacial score (nSPS) is 14.6. The lowest BCUT2D eigenvalue weighted by Crippen LogP contribution is -2.31. The molecule has 0 heterocycles. The number of hydrogen-bond acceptors (Lipinski definition) is 4. The summed E-state index contributed by atoms with van der Waals surface area (Å²) in [6, 6.07) is 13.8. The number of sulfonamides is 1. The van der Waals surface area contributed by atoms with E-state index in [0.29, 0.717) is 17.9 Å². The van der Waals surface area contributed by atoms with Crippen molar-refractivity contribution in [2.45, 2.75) is 30.6 Å². The van der Waals surface area contributed by atoms with Crippen molar-refractivity contribution in [1.29, 1.82) is 0 Å². The molecule has 31 heavy (non-hydrogen) atoms. The Morgan fingerprint density at radius 3 is 2.52 bits per heavy atom. The summed E-state index contributed by atoms with van der Waals surface area (Å²) in [5, 5.41) is 1.61. The number of benzene rings is 3. The third kappa shape index (κ3) is 4.83. The Kier molecular flexibility index (Phi) is 6.16. The predicted octanol–water partition coefficient (Wildman–Crippen LogP) is 5.32. The Labute approximate surface area is 185 Å². The Balaban J connectivity index is 1.52. The average molecular weight is 462 g/mol. The minimum atomic E-state index is -4.20. The van der Waals surface area contributed by atoms with Crippen LogP contribution in [0.4, 0.5) is 4.39 Å². The summed E-state index contributed by atoms with van der Waals surface area (Å²) in [5.41, 5.74) is -0.470. The summed E-state index contributed by atoms with van der Waals surface area (Å²) >= 11 is 6.16. The fourth-order valence-electron chi connectivity index (χ4n) is 3.77. The highest BCUT2D eigenvalue weighted by atomic mass is 35.5. The van der Waals surface area contributed by atoms with E-state index in [1.54, 1.807) is 18.2 Å². The molecule has 3 aromatic carbocycles. The lowest BCUT2D eigenvalue weighted by atomic mass is 10.1. The van der Waals surface area contributed by atoms with Crippen LogP contribution in [0.1, 0.15) is 36.0 Å². The number of rotatable bonds is 6. The molecule has 1 saturated carbocycles. The number of carbonyl (C=O) groups excluding carboxylic acids is 1. The van der Waals surface area contributed by atoms with Gasteiger partial charge in [0.1, 0.15) is 11.6 Å². The van der Waals surface area contributed by atoms with Gasteiger partial charge in [0.2, 0.25) is 0 Å². The van der Waals surface area contributed by atoms with E-state index in [1.807, 2.05) is 16.9 Å². The first kappa shape index (κ1) is 21.6. The zero-order valence-corrected chi connectivity index (χ0v) is 18.2. The van der Waals surface area contributed by atoms with Gasteiger partial charge in [-0.2, -0.15) is 0 Å². The van der Waals surface area contributed by atoms with Crippen LogP contribution in [0.5, 0.6) is 5.75 Å². The zero-order valence-electron chi connectivity index (χ0n) is 16.6. The number of hydrogen-bond donors (Lipinski definition) is 1. The highest BCUT2D eigenvalue weighted by Crippen LogP contribution is 2.31. The molecule has 0 bridgehead atoms. The summed E-state index contributed by atoms with van der Waals surface area (Å²) in [4.78, 5) is 12.4. The smallest absolute Gasteiger partial charge is 0.268 e. The fraction of sp³-hybridized carbons (Fsp3) is 0.261. The molecule has 1 amide bonds. The first-order valence-electron chi connectivity index (χ1n) is 10.0. The Hall–Kier alpha value is -2.64. The van der Waals surface area contributed by atoms with Gasteiger partial charge in [0.15, 0.2) is 0 Å². The molecule has 0 spiro atoms. The van der Waals surface area contributed by atoms with E-state index in [0.717, 1.165) is 43.2 Å². The third-order valence-corrected chi connectivity index (χ3v) is 7.10. The minimum Gasteiger partial charge on any atom is -0.492 e. The summed E-state index contributed by atoms with van der Waals surface area (Å²) in [5.74, 6) is -1.46. The molecule has 0 aliphatic heterocycles. The number of ether oxygens (including phenoxy) is 1. The van der Waals surface area contributed by atoms with Gasteiger partial charge in [0.25, 0.3) is 15.9 Å². The number of halogens is 2. The SMILES string of the molecule is O=C(NS(=O)(=O)c1ccc2ccccc2c1)c1cc(Cl)c(OCC2CCCC2)cc1F. The Morgan fingerprint density at radius 2 is 1.77 bits per heavy atom. The maximum Gasteiger partial charge on any atom is 0.268 e. The van der Waals surface area contributed by atoms with Gasteiger partial charge >= 0.3 is 0 Å². The van der Waals surface area contributed by atoms with E-state index in [1.165, 1.54) is 12.1 Å². The molecule has 4 rings (SSSR count). The molecule has 1 aliphatic carbocycles. The predicted molar refractivity (Wildman–Crippen MR) is 117 cm³/mol. The van der Waals surface area contributed by atoms with Crippen LogP contribution in [0.3, 0.4) is 0 Å². The summed E-state index contributed by atoms with van der Waals surface area (Å²) in [7, 11) is -4.20. The van der Waals surface area contributed by atoms with E-state index in [4.69, 9.17) is 16.3 Å². The molecule has 1 N–H and O–H groups in total. The van der Waals surface area contributed by atoms with Crippen molar-refractivity contribution in [2.24, 2.45) is 5.92 Å². The fourth-order valence-corrected chi connectivity index (χ4v) is 4.99. The van der Waals surface area contributed by atoms with Gasteiger partial charge in [0, 0.05) is 6.07 Å². The second kappa shape index (κ2) is 8.85. The number of carbonyl (C=O) groups is 1. The third-order valence-electron chi connectivity index (χ3n) is 5.47. The Morgan fingerprint density at radius 1 is 1.06 bits per heavy atom. The number of amides is 1. The standard InChI is InChI=1S/C23H21ClFNO4S/c24-20-12-19(21(25)13-22(20)30-14-15-5-1-2-6-15)23(27)26-31(28,29)18-10-9-16-7-3-4-8-17(16)11-18/h3-4,7-13,15H,1-2,5-6,14H2,(H,26,27). The van der Waals surface area contributed by atoms with E-state index in [-0.39, 0.29) is 15.7 Å². The Bertz CT molecular complexity index is 1240. The highest BCUT2D eigenvalue weighted by molar-refractivity contribution is 7.90.